The molecule has 84 valence electrons. The molecule has 0 heterocycles. The Morgan fingerprint density at radius 3 is 2.87 bits per heavy atom. The summed E-state index contributed by atoms with van der Waals surface area (Å²) in [6.45, 7) is 2.58. The van der Waals surface area contributed by atoms with Gasteiger partial charge in [0.2, 0.25) is 0 Å². The molecule has 3 heteroatoms. The Hall–Kier alpha value is -0.830. The zero-order valence-corrected chi connectivity index (χ0v) is 9.06. The van der Waals surface area contributed by atoms with Gasteiger partial charge in [0, 0.05) is 11.8 Å². The summed E-state index contributed by atoms with van der Waals surface area (Å²) >= 11 is 0. The van der Waals surface area contributed by atoms with E-state index in [9.17, 15) is 9.90 Å². The number of fused-ring (bicyclic) bond motifs is 2. The van der Waals surface area contributed by atoms with Crippen LogP contribution in [0.15, 0.2) is 12.2 Å². The molecule has 0 aromatic rings. The normalized spacial score (nSPS) is 37.2. The molecule has 1 N–H and O–H groups in total. The highest BCUT2D eigenvalue weighted by Crippen LogP contribution is 2.44. The zero-order chi connectivity index (χ0) is 10.8. The van der Waals surface area contributed by atoms with E-state index < -0.39 is 0 Å². The summed E-state index contributed by atoms with van der Waals surface area (Å²) in [5.41, 5.74) is 0. The monoisotopic (exact) mass is 210 g/mol. The van der Waals surface area contributed by atoms with Gasteiger partial charge >= 0.3 is 5.97 Å². The fourth-order valence-corrected chi connectivity index (χ4v) is 2.50. The van der Waals surface area contributed by atoms with E-state index in [4.69, 9.17) is 4.74 Å². The number of carbonyl (C=O) groups excluding carboxylic acids is 1. The summed E-state index contributed by atoms with van der Waals surface area (Å²) in [4.78, 5) is 11.7. The van der Waals surface area contributed by atoms with E-state index in [-0.39, 0.29) is 29.8 Å². The molecule has 1 saturated carbocycles. The number of carbonyl (C=O) groups is 1. The quantitative estimate of drug-likeness (QED) is 0.434. The maximum atomic E-state index is 11.7. The van der Waals surface area contributed by atoms with Gasteiger partial charge in [0.05, 0.1) is 18.6 Å². The molecule has 0 spiro atoms. The number of esters is 1. The van der Waals surface area contributed by atoms with Crippen LogP contribution < -0.4 is 0 Å². The topological polar surface area (TPSA) is 46.5 Å². The Balaban J connectivity index is 1.85. The number of ether oxygens (including phenoxy) is 1. The second kappa shape index (κ2) is 4.35. The first-order valence-electron chi connectivity index (χ1n) is 5.77. The first-order chi connectivity index (χ1) is 7.24. The van der Waals surface area contributed by atoms with Crippen molar-refractivity contribution in [2.45, 2.75) is 32.3 Å². The van der Waals surface area contributed by atoms with Crippen LogP contribution in [0.2, 0.25) is 0 Å². The van der Waals surface area contributed by atoms with Crippen LogP contribution in [-0.4, -0.2) is 23.8 Å². The maximum absolute atomic E-state index is 11.7. The smallest absolute Gasteiger partial charge is 0.309 e. The minimum atomic E-state index is -0.353. The number of aliphatic hydroxyl groups is 1. The van der Waals surface area contributed by atoms with Crippen molar-refractivity contribution in [3.8, 4) is 0 Å². The van der Waals surface area contributed by atoms with Gasteiger partial charge in [-0.1, -0.05) is 25.5 Å². The standard InChI is InChI=1S/C12H18O3/c1-2-3-6-15-12(14)10-7-8-4-5-9(10)11(8)13/h4-5,8-11,13H,2-3,6-7H2,1H3. The Kier molecular flexibility index (Phi) is 3.10. The average molecular weight is 210 g/mol. The highest BCUT2D eigenvalue weighted by molar-refractivity contribution is 5.74. The van der Waals surface area contributed by atoms with Crippen molar-refractivity contribution in [1.82, 2.24) is 0 Å². The lowest BCUT2D eigenvalue weighted by Gasteiger charge is -2.16. The van der Waals surface area contributed by atoms with Gasteiger partial charge in [-0.3, -0.25) is 4.79 Å². The second-order valence-electron chi connectivity index (χ2n) is 4.48. The third-order valence-electron chi connectivity index (χ3n) is 3.45. The van der Waals surface area contributed by atoms with Crippen LogP contribution in [0.25, 0.3) is 0 Å². The lowest BCUT2D eigenvalue weighted by molar-refractivity contribution is -0.149. The molecule has 2 bridgehead atoms. The summed E-state index contributed by atoms with van der Waals surface area (Å²) in [7, 11) is 0. The van der Waals surface area contributed by atoms with E-state index in [2.05, 4.69) is 6.92 Å². The molecule has 2 aliphatic rings. The fraction of sp³-hybridized carbons (Fsp3) is 0.750. The lowest BCUT2D eigenvalue weighted by atomic mass is 9.94. The van der Waals surface area contributed by atoms with Gasteiger partial charge in [-0.2, -0.15) is 0 Å². The maximum Gasteiger partial charge on any atom is 0.309 e. The van der Waals surface area contributed by atoms with Gasteiger partial charge in [-0.05, 0) is 12.8 Å². The van der Waals surface area contributed by atoms with E-state index in [0.717, 1.165) is 19.3 Å². The molecule has 2 aliphatic carbocycles. The molecule has 0 amide bonds. The Morgan fingerprint density at radius 1 is 1.53 bits per heavy atom. The van der Waals surface area contributed by atoms with Crippen LogP contribution in [0.5, 0.6) is 0 Å². The van der Waals surface area contributed by atoms with Gasteiger partial charge < -0.3 is 9.84 Å². The van der Waals surface area contributed by atoms with Gasteiger partial charge in [0.25, 0.3) is 0 Å². The summed E-state index contributed by atoms with van der Waals surface area (Å²) in [6, 6.07) is 0. The SMILES string of the molecule is CCCCOC(=O)C1CC2C=CC1C2O. The number of aliphatic hydroxyl groups excluding tert-OH is 1. The Bertz CT molecular complexity index is 272. The van der Waals surface area contributed by atoms with Gasteiger partial charge in [0.15, 0.2) is 0 Å². The number of hydrogen-bond donors (Lipinski definition) is 1. The van der Waals surface area contributed by atoms with Gasteiger partial charge in [-0.15, -0.1) is 0 Å². The minimum absolute atomic E-state index is 0.00382. The van der Waals surface area contributed by atoms with Crippen LogP contribution in [0.3, 0.4) is 0 Å². The first-order valence-corrected chi connectivity index (χ1v) is 5.77. The molecule has 15 heavy (non-hydrogen) atoms. The summed E-state index contributed by atoms with van der Waals surface area (Å²) in [5.74, 6) is -0.0472. The van der Waals surface area contributed by atoms with Crippen LogP contribution >= 0.6 is 0 Å². The molecule has 0 aromatic carbocycles. The molecule has 3 nitrogen and oxygen atoms in total. The molecule has 0 aliphatic heterocycles. The van der Waals surface area contributed by atoms with Gasteiger partial charge in [0.1, 0.15) is 0 Å². The van der Waals surface area contributed by atoms with Crippen LogP contribution in [0.1, 0.15) is 26.2 Å². The number of hydrogen-bond acceptors (Lipinski definition) is 3. The molecule has 2 rings (SSSR count). The largest absolute Gasteiger partial charge is 0.465 e. The molecule has 4 unspecified atom stereocenters. The molecule has 0 aromatic heterocycles. The molecular weight excluding hydrogens is 192 g/mol. The molecule has 0 radical (unpaired) electrons. The molecule has 0 saturated heterocycles. The Labute approximate surface area is 90.1 Å². The highest BCUT2D eigenvalue weighted by atomic mass is 16.5. The van der Waals surface area contributed by atoms with E-state index in [1.165, 1.54) is 0 Å². The van der Waals surface area contributed by atoms with E-state index in [1.807, 2.05) is 12.2 Å². The summed E-state index contributed by atoms with van der Waals surface area (Å²) in [5, 5.41) is 9.75. The third kappa shape index (κ3) is 1.93. The first kappa shape index (κ1) is 10.7. The highest BCUT2D eigenvalue weighted by Gasteiger charge is 2.47. The van der Waals surface area contributed by atoms with Crippen molar-refractivity contribution in [1.29, 1.82) is 0 Å². The van der Waals surface area contributed by atoms with Crippen molar-refractivity contribution in [2.75, 3.05) is 6.61 Å². The van der Waals surface area contributed by atoms with Crippen molar-refractivity contribution >= 4 is 5.97 Å². The molecule has 4 atom stereocenters. The van der Waals surface area contributed by atoms with E-state index in [0.29, 0.717) is 6.61 Å². The van der Waals surface area contributed by atoms with Crippen LogP contribution in [0, 0.1) is 17.8 Å². The van der Waals surface area contributed by atoms with Crippen molar-refractivity contribution in [3.63, 3.8) is 0 Å². The van der Waals surface area contributed by atoms with E-state index in [1.54, 1.807) is 0 Å². The predicted octanol–water partition coefficient (Wildman–Crippen LogP) is 1.51. The number of rotatable bonds is 4. The fourth-order valence-electron chi connectivity index (χ4n) is 2.50. The van der Waals surface area contributed by atoms with Crippen molar-refractivity contribution < 1.29 is 14.6 Å². The second-order valence-corrected chi connectivity index (χ2v) is 4.48. The lowest BCUT2D eigenvalue weighted by Crippen LogP contribution is -2.24. The minimum Gasteiger partial charge on any atom is -0.465 e. The van der Waals surface area contributed by atoms with Crippen LogP contribution in [-0.2, 0) is 9.53 Å². The summed E-state index contributed by atoms with van der Waals surface area (Å²) in [6.07, 6.45) is 6.34. The molecule has 1 fully saturated rings. The van der Waals surface area contributed by atoms with Crippen molar-refractivity contribution in [3.05, 3.63) is 12.2 Å². The van der Waals surface area contributed by atoms with E-state index >= 15 is 0 Å². The average Bonchev–Trinajstić information content (AvgIpc) is 2.74. The van der Waals surface area contributed by atoms with Crippen molar-refractivity contribution in [2.24, 2.45) is 17.8 Å². The zero-order valence-electron chi connectivity index (χ0n) is 9.06. The predicted molar refractivity (Wildman–Crippen MR) is 56.1 cm³/mol. The Morgan fingerprint density at radius 2 is 2.33 bits per heavy atom. The molecular formula is C12H18O3. The van der Waals surface area contributed by atoms with Gasteiger partial charge in [-0.25, -0.2) is 0 Å². The number of unbranched alkanes of at least 4 members (excludes halogenated alkanes) is 1. The van der Waals surface area contributed by atoms with Crippen LogP contribution in [0.4, 0.5) is 0 Å². The third-order valence-corrected chi connectivity index (χ3v) is 3.45. The summed E-state index contributed by atoms with van der Waals surface area (Å²) < 4.78 is 5.18.